The molecular weight excluding hydrogens is 436 g/mol. The number of esters is 1. The highest BCUT2D eigenvalue weighted by Crippen LogP contribution is 2.21. The van der Waals surface area contributed by atoms with Crippen LogP contribution in [-0.4, -0.2) is 33.3 Å². The van der Waals surface area contributed by atoms with Gasteiger partial charge in [-0.1, -0.05) is 48.9 Å². The van der Waals surface area contributed by atoms with Crippen LogP contribution in [-0.2, 0) is 22.5 Å². The van der Waals surface area contributed by atoms with Gasteiger partial charge in [0.1, 0.15) is 6.54 Å². The van der Waals surface area contributed by atoms with Crippen molar-refractivity contribution >= 4 is 33.4 Å². The van der Waals surface area contributed by atoms with Crippen molar-refractivity contribution in [1.29, 1.82) is 0 Å². The molecule has 8 heteroatoms. The molecule has 0 saturated carbocycles. The molecule has 2 aromatic carbocycles. The maximum Gasteiger partial charge on any atom is 0.325 e. The predicted octanol–water partition coefficient (Wildman–Crippen LogP) is 4.45. The second-order valence-electron chi connectivity index (χ2n) is 7.76. The first-order valence-corrected chi connectivity index (χ1v) is 11.7. The lowest BCUT2D eigenvalue weighted by Gasteiger charge is -2.05. The van der Waals surface area contributed by atoms with Crippen LogP contribution < -0.4 is 4.80 Å². The van der Waals surface area contributed by atoms with Crippen molar-refractivity contribution in [3.8, 4) is 5.69 Å². The van der Waals surface area contributed by atoms with E-state index in [1.807, 2.05) is 43.3 Å². The van der Waals surface area contributed by atoms with Crippen LogP contribution in [0.25, 0.3) is 15.9 Å². The van der Waals surface area contributed by atoms with Crippen LogP contribution in [0, 0.1) is 6.92 Å². The number of nitrogens with zero attached hydrogens (tertiary/aromatic N) is 4. The summed E-state index contributed by atoms with van der Waals surface area (Å²) in [5.41, 5.74) is 4.08. The number of aromatic nitrogens is 3. The molecule has 0 aliphatic heterocycles. The molecule has 0 aliphatic rings. The summed E-state index contributed by atoms with van der Waals surface area (Å²) < 4.78 is 9.31. The number of unbranched alkanes of at least 4 members (excludes halogenated alkanes) is 1. The van der Waals surface area contributed by atoms with E-state index in [-0.39, 0.29) is 6.54 Å². The third-order valence-electron chi connectivity index (χ3n) is 5.52. The van der Waals surface area contributed by atoms with Crippen LogP contribution in [0.5, 0.6) is 0 Å². The topological polar surface area (TPSA) is 78.5 Å². The molecule has 33 heavy (non-hydrogen) atoms. The van der Waals surface area contributed by atoms with E-state index in [1.165, 1.54) is 30.2 Å². The molecule has 1 amide bonds. The molecule has 0 spiro atoms. The summed E-state index contributed by atoms with van der Waals surface area (Å²) in [5.74, 6) is -0.794. The van der Waals surface area contributed by atoms with Gasteiger partial charge in [0, 0.05) is 0 Å². The largest absolute Gasteiger partial charge is 0.468 e. The van der Waals surface area contributed by atoms with Crippen molar-refractivity contribution in [2.75, 3.05) is 7.11 Å². The molecule has 2 heterocycles. The molecular formula is C25H26N4O3S. The molecule has 0 saturated heterocycles. The molecule has 0 unspecified atom stereocenters. The average molecular weight is 463 g/mol. The van der Waals surface area contributed by atoms with Crippen LogP contribution in [0.4, 0.5) is 0 Å². The second-order valence-corrected chi connectivity index (χ2v) is 8.77. The maximum atomic E-state index is 13.1. The third kappa shape index (κ3) is 4.80. The number of para-hydroxylation sites is 1. The number of thiazole rings is 1. The minimum atomic E-state index is -0.397. The zero-order valence-electron chi connectivity index (χ0n) is 18.9. The molecule has 4 aromatic rings. The van der Waals surface area contributed by atoms with Gasteiger partial charge in [0.2, 0.25) is 0 Å². The van der Waals surface area contributed by atoms with E-state index in [1.54, 1.807) is 9.25 Å². The van der Waals surface area contributed by atoms with E-state index in [4.69, 9.17) is 4.74 Å². The van der Waals surface area contributed by atoms with E-state index >= 15 is 0 Å². The molecule has 0 radical (unpaired) electrons. The number of methoxy groups -OCH3 is 1. The Hall–Kier alpha value is -3.52. The maximum absolute atomic E-state index is 13.1. The van der Waals surface area contributed by atoms with Gasteiger partial charge in [-0.3, -0.25) is 9.59 Å². The monoisotopic (exact) mass is 462 g/mol. The summed E-state index contributed by atoms with van der Waals surface area (Å²) in [6.45, 7) is 3.99. The predicted molar refractivity (Wildman–Crippen MR) is 129 cm³/mol. The smallest absolute Gasteiger partial charge is 0.325 e. The number of ether oxygens (including phenoxy) is 1. The van der Waals surface area contributed by atoms with Gasteiger partial charge in [-0.25, -0.2) is 4.68 Å². The van der Waals surface area contributed by atoms with Crippen molar-refractivity contribution < 1.29 is 14.3 Å². The Morgan fingerprint density at radius 3 is 2.67 bits per heavy atom. The summed E-state index contributed by atoms with van der Waals surface area (Å²) >= 11 is 1.40. The van der Waals surface area contributed by atoms with Crippen molar-refractivity contribution in [1.82, 2.24) is 14.3 Å². The Balaban J connectivity index is 1.76. The Labute approximate surface area is 196 Å². The molecule has 0 fully saturated rings. The number of hydrogen-bond acceptors (Lipinski definition) is 5. The molecule has 7 nitrogen and oxygen atoms in total. The van der Waals surface area contributed by atoms with Crippen LogP contribution >= 0.6 is 11.3 Å². The fraction of sp³-hybridized carbons (Fsp3) is 0.280. The molecule has 2 aromatic heterocycles. The highest BCUT2D eigenvalue weighted by Gasteiger charge is 2.17. The van der Waals surface area contributed by atoms with E-state index in [0.717, 1.165) is 35.2 Å². The first-order valence-electron chi connectivity index (χ1n) is 10.9. The van der Waals surface area contributed by atoms with Gasteiger partial charge in [-0.05, 0) is 49.6 Å². The van der Waals surface area contributed by atoms with Crippen molar-refractivity contribution in [2.24, 2.45) is 4.99 Å². The third-order valence-corrected chi connectivity index (χ3v) is 6.56. The quantitative estimate of drug-likeness (QED) is 0.380. The SMILES string of the molecule is CCCCc1ccc2c(c1)sc(=NC(=O)c1cnn(-c3ccccc3)c1C)n2CC(=O)OC. The molecule has 4 rings (SSSR count). The molecule has 0 bridgehead atoms. The lowest BCUT2D eigenvalue weighted by molar-refractivity contribution is -0.141. The number of amides is 1. The van der Waals surface area contributed by atoms with E-state index in [0.29, 0.717) is 16.1 Å². The summed E-state index contributed by atoms with van der Waals surface area (Å²) in [6, 6.07) is 15.8. The first-order chi connectivity index (χ1) is 16.0. The van der Waals surface area contributed by atoms with Crippen LogP contribution in [0.3, 0.4) is 0 Å². The second kappa shape index (κ2) is 9.95. The number of aryl methyl sites for hydroxylation is 1. The van der Waals surface area contributed by atoms with Gasteiger partial charge in [0.25, 0.3) is 5.91 Å². The van der Waals surface area contributed by atoms with Gasteiger partial charge in [-0.2, -0.15) is 10.1 Å². The zero-order chi connectivity index (χ0) is 23.4. The summed E-state index contributed by atoms with van der Waals surface area (Å²) in [7, 11) is 1.35. The fourth-order valence-electron chi connectivity index (χ4n) is 3.68. The van der Waals surface area contributed by atoms with Gasteiger partial charge >= 0.3 is 5.97 Å². The minimum absolute atomic E-state index is 0.0147. The van der Waals surface area contributed by atoms with Crippen molar-refractivity contribution in [2.45, 2.75) is 39.7 Å². The van der Waals surface area contributed by atoms with Gasteiger partial charge < -0.3 is 9.30 Å². The summed E-state index contributed by atoms with van der Waals surface area (Å²) in [4.78, 5) is 30.1. The fourth-order valence-corrected chi connectivity index (χ4v) is 4.77. The highest BCUT2D eigenvalue weighted by atomic mass is 32.1. The number of fused-ring (bicyclic) bond motifs is 1. The van der Waals surface area contributed by atoms with E-state index < -0.39 is 11.9 Å². The highest BCUT2D eigenvalue weighted by molar-refractivity contribution is 7.16. The summed E-state index contributed by atoms with van der Waals surface area (Å²) in [6.07, 6.45) is 4.76. The van der Waals surface area contributed by atoms with Crippen molar-refractivity contribution in [3.05, 3.63) is 76.4 Å². The van der Waals surface area contributed by atoms with Gasteiger partial charge in [0.15, 0.2) is 4.80 Å². The number of hydrogen-bond donors (Lipinski definition) is 0. The molecule has 170 valence electrons. The number of carbonyl (C=O) groups excluding carboxylic acids is 2. The normalized spacial score (nSPS) is 11.8. The van der Waals surface area contributed by atoms with Crippen LogP contribution in [0.2, 0.25) is 0 Å². The molecule has 0 aliphatic carbocycles. The van der Waals surface area contributed by atoms with Gasteiger partial charge in [0.05, 0.1) is 40.5 Å². The first kappa shape index (κ1) is 22.7. The van der Waals surface area contributed by atoms with E-state index in [9.17, 15) is 9.59 Å². The Morgan fingerprint density at radius 2 is 1.94 bits per heavy atom. The zero-order valence-corrected chi connectivity index (χ0v) is 19.8. The van der Waals surface area contributed by atoms with Crippen LogP contribution in [0.15, 0.2) is 59.7 Å². The standard InChI is InChI=1S/C25H26N4O3S/c1-4-5-9-18-12-13-21-22(14-18)33-25(28(21)16-23(30)32-3)27-24(31)20-15-26-29(17(20)2)19-10-7-6-8-11-19/h6-8,10-15H,4-5,9,16H2,1-3H3. The van der Waals surface area contributed by atoms with Gasteiger partial charge in [-0.15, -0.1) is 0 Å². The van der Waals surface area contributed by atoms with Crippen LogP contribution in [0.1, 0.15) is 41.4 Å². The minimum Gasteiger partial charge on any atom is -0.468 e. The number of benzene rings is 2. The molecule has 0 atom stereocenters. The Morgan fingerprint density at radius 1 is 1.15 bits per heavy atom. The van der Waals surface area contributed by atoms with E-state index in [2.05, 4.69) is 29.1 Å². The molecule has 0 N–H and O–H groups in total. The lowest BCUT2D eigenvalue weighted by Crippen LogP contribution is -2.22. The summed E-state index contributed by atoms with van der Waals surface area (Å²) in [5, 5.41) is 4.37. The van der Waals surface area contributed by atoms with Crippen molar-refractivity contribution in [3.63, 3.8) is 0 Å². The number of rotatable bonds is 7. The lowest BCUT2D eigenvalue weighted by atomic mass is 10.1. The average Bonchev–Trinajstić information content (AvgIpc) is 3.37. The number of carbonyl (C=O) groups is 2. The Kier molecular flexibility index (Phi) is 6.84. The Bertz CT molecular complexity index is 1370.